The van der Waals surface area contributed by atoms with Gasteiger partial charge in [0.1, 0.15) is 12.7 Å². The van der Waals surface area contributed by atoms with Gasteiger partial charge in [-0.25, -0.2) is 14.4 Å². The lowest BCUT2D eigenvalue weighted by molar-refractivity contribution is -0.186. The number of carbonyl (C=O) groups is 4. The zero-order chi connectivity index (χ0) is 26.4. The van der Waals surface area contributed by atoms with Crippen LogP contribution in [0.1, 0.15) is 38.0 Å². The maximum atomic E-state index is 13.0. The van der Waals surface area contributed by atoms with E-state index >= 15 is 0 Å². The molecule has 0 saturated carbocycles. The first-order valence-corrected chi connectivity index (χ1v) is 11.4. The number of Topliss-reactive ketones (excluding diaryl/α,β-unsaturated/α-hetero) is 1. The molecule has 9 nitrogen and oxygen atoms in total. The number of rotatable bonds is 8. The molecule has 9 heteroatoms. The largest absolute Gasteiger partial charge is 0.459 e. The molecule has 4 rings (SSSR count). The van der Waals surface area contributed by atoms with Crippen LogP contribution in [0.25, 0.3) is 0 Å². The summed E-state index contributed by atoms with van der Waals surface area (Å²) in [4.78, 5) is 51.4. The third-order valence-electron chi connectivity index (χ3n) is 5.88. The molecular formula is C28H24O9. The maximum absolute atomic E-state index is 13.0. The van der Waals surface area contributed by atoms with Crippen molar-refractivity contribution in [1.29, 1.82) is 0 Å². The van der Waals surface area contributed by atoms with Crippen LogP contribution in [-0.2, 0) is 23.7 Å². The van der Waals surface area contributed by atoms with E-state index in [4.69, 9.17) is 18.9 Å². The molecule has 1 aliphatic rings. The third kappa shape index (κ3) is 5.42. The Bertz CT molecular complexity index is 1260. The quantitative estimate of drug-likeness (QED) is 0.364. The molecule has 0 amide bonds. The number of benzene rings is 3. The van der Waals surface area contributed by atoms with Gasteiger partial charge in [0.2, 0.25) is 6.29 Å². The second-order valence-corrected chi connectivity index (χ2v) is 8.29. The van der Waals surface area contributed by atoms with E-state index in [1.165, 1.54) is 24.3 Å². The van der Waals surface area contributed by atoms with Gasteiger partial charge < -0.3 is 24.1 Å². The highest BCUT2D eigenvalue weighted by Crippen LogP contribution is 2.38. The van der Waals surface area contributed by atoms with Gasteiger partial charge in [0.05, 0.1) is 16.7 Å². The predicted molar refractivity (Wildman–Crippen MR) is 129 cm³/mol. The highest BCUT2D eigenvalue weighted by molar-refractivity contribution is 5.96. The molecule has 1 N–H and O–H groups in total. The lowest BCUT2D eigenvalue weighted by atomic mass is 9.90. The van der Waals surface area contributed by atoms with E-state index in [0.717, 1.165) is 6.92 Å². The summed E-state index contributed by atoms with van der Waals surface area (Å²) in [6, 6.07) is 23.8. The topological polar surface area (TPSA) is 125 Å². The molecule has 1 aliphatic heterocycles. The van der Waals surface area contributed by atoms with Crippen LogP contribution in [0.5, 0.6) is 0 Å². The van der Waals surface area contributed by atoms with Gasteiger partial charge in [-0.1, -0.05) is 54.6 Å². The van der Waals surface area contributed by atoms with Crippen LogP contribution in [0.2, 0.25) is 0 Å². The van der Waals surface area contributed by atoms with Gasteiger partial charge in [0, 0.05) is 0 Å². The normalized spacial score (nSPS) is 22.6. The van der Waals surface area contributed by atoms with Crippen molar-refractivity contribution in [3.05, 3.63) is 108 Å². The number of ether oxygens (including phenoxy) is 4. The van der Waals surface area contributed by atoms with Crippen LogP contribution in [0, 0.1) is 0 Å². The van der Waals surface area contributed by atoms with Crippen molar-refractivity contribution in [2.75, 3.05) is 6.61 Å². The minimum atomic E-state index is -2.42. The molecular weight excluding hydrogens is 480 g/mol. The molecule has 0 bridgehead atoms. The lowest BCUT2D eigenvalue weighted by Gasteiger charge is -2.33. The van der Waals surface area contributed by atoms with Crippen molar-refractivity contribution in [3.8, 4) is 0 Å². The molecule has 0 unspecified atom stereocenters. The fourth-order valence-electron chi connectivity index (χ4n) is 3.96. The second kappa shape index (κ2) is 11.2. The molecule has 0 spiro atoms. The van der Waals surface area contributed by atoms with E-state index in [0.29, 0.717) is 0 Å². The van der Waals surface area contributed by atoms with E-state index < -0.39 is 54.4 Å². The van der Waals surface area contributed by atoms with Crippen molar-refractivity contribution in [2.24, 2.45) is 0 Å². The average molecular weight is 504 g/mol. The summed E-state index contributed by atoms with van der Waals surface area (Å²) in [5, 5.41) is 10.9. The summed E-state index contributed by atoms with van der Waals surface area (Å²) in [6.45, 7) is 0.571. The highest BCUT2D eigenvalue weighted by Gasteiger charge is 2.65. The predicted octanol–water partition coefficient (Wildman–Crippen LogP) is 2.97. The van der Waals surface area contributed by atoms with Gasteiger partial charge in [0.15, 0.2) is 11.9 Å². The maximum Gasteiger partial charge on any atom is 0.339 e. The third-order valence-corrected chi connectivity index (χ3v) is 5.88. The molecule has 0 radical (unpaired) electrons. The summed E-state index contributed by atoms with van der Waals surface area (Å²) < 4.78 is 22.0. The number of esters is 3. The van der Waals surface area contributed by atoms with Crippen molar-refractivity contribution in [3.63, 3.8) is 0 Å². The highest BCUT2D eigenvalue weighted by atomic mass is 16.7. The van der Waals surface area contributed by atoms with E-state index in [9.17, 15) is 24.3 Å². The molecule has 37 heavy (non-hydrogen) atoms. The minimum Gasteiger partial charge on any atom is -0.459 e. The van der Waals surface area contributed by atoms with Gasteiger partial charge >= 0.3 is 17.9 Å². The smallest absolute Gasteiger partial charge is 0.339 e. The molecule has 1 fully saturated rings. The van der Waals surface area contributed by atoms with E-state index in [-0.39, 0.29) is 16.7 Å². The molecule has 1 saturated heterocycles. The van der Waals surface area contributed by atoms with Crippen LogP contribution >= 0.6 is 0 Å². The van der Waals surface area contributed by atoms with Gasteiger partial charge in [-0.3, -0.25) is 4.79 Å². The van der Waals surface area contributed by atoms with Crippen LogP contribution < -0.4 is 0 Å². The zero-order valence-electron chi connectivity index (χ0n) is 19.8. The number of hydrogen-bond donors (Lipinski definition) is 1. The Morgan fingerprint density at radius 2 is 1.22 bits per heavy atom. The summed E-state index contributed by atoms with van der Waals surface area (Å²) in [5.74, 6) is -3.33. The van der Waals surface area contributed by atoms with Gasteiger partial charge in [-0.05, 0) is 43.3 Å². The Hall–Kier alpha value is -4.34. The fraction of sp³-hybridized carbons (Fsp3) is 0.214. The van der Waals surface area contributed by atoms with Crippen LogP contribution in [0.15, 0.2) is 91.0 Å². The molecule has 0 aromatic heterocycles. The Balaban J connectivity index is 1.65. The number of carbonyl (C=O) groups excluding carboxylic acids is 4. The molecule has 190 valence electrons. The second-order valence-electron chi connectivity index (χ2n) is 8.29. The van der Waals surface area contributed by atoms with Crippen molar-refractivity contribution < 1.29 is 43.2 Å². The summed E-state index contributed by atoms with van der Waals surface area (Å²) in [7, 11) is 0. The van der Waals surface area contributed by atoms with Crippen molar-refractivity contribution in [2.45, 2.75) is 31.0 Å². The first-order chi connectivity index (χ1) is 17.8. The van der Waals surface area contributed by atoms with E-state index in [1.807, 2.05) is 0 Å². The van der Waals surface area contributed by atoms with Crippen LogP contribution in [0.3, 0.4) is 0 Å². The molecule has 4 atom stereocenters. The summed E-state index contributed by atoms with van der Waals surface area (Å²) >= 11 is 0. The average Bonchev–Trinajstić information content (AvgIpc) is 3.19. The molecule has 0 aliphatic carbocycles. The standard InChI is InChI=1S/C28H24O9/c1-18(29)28(37-26(32)21-15-9-4-10-16-21)23(36-25(31)20-13-7-3-8-14-20)22(35-27(28)33)17-34-24(30)19-11-5-2-6-12-19/h2-16,22-23,27,33H,17H2,1H3/t22-,23-,27+,28-/m1/s1. The molecule has 3 aromatic carbocycles. The van der Waals surface area contributed by atoms with Crippen LogP contribution in [0.4, 0.5) is 0 Å². The van der Waals surface area contributed by atoms with E-state index in [1.54, 1.807) is 66.7 Å². The van der Waals surface area contributed by atoms with Crippen molar-refractivity contribution in [1.82, 2.24) is 0 Å². The molecule has 3 aromatic rings. The van der Waals surface area contributed by atoms with E-state index in [2.05, 4.69) is 0 Å². The number of aliphatic hydroxyl groups excluding tert-OH is 1. The van der Waals surface area contributed by atoms with Crippen molar-refractivity contribution >= 4 is 23.7 Å². The Labute approximate surface area is 212 Å². The minimum absolute atomic E-state index is 0.0995. The van der Waals surface area contributed by atoms with Gasteiger partial charge in [-0.15, -0.1) is 0 Å². The Morgan fingerprint density at radius 1 is 0.757 bits per heavy atom. The Morgan fingerprint density at radius 3 is 1.70 bits per heavy atom. The fourth-order valence-corrected chi connectivity index (χ4v) is 3.96. The van der Waals surface area contributed by atoms with Gasteiger partial charge in [0.25, 0.3) is 5.60 Å². The van der Waals surface area contributed by atoms with Gasteiger partial charge in [-0.2, -0.15) is 0 Å². The summed E-state index contributed by atoms with van der Waals surface area (Å²) in [6.07, 6.45) is -4.97. The Kier molecular flexibility index (Phi) is 7.76. The summed E-state index contributed by atoms with van der Waals surface area (Å²) in [5.41, 5.74) is -1.91. The monoisotopic (exact) mass is 504 g/mol. The first-order valence-electron chi connectivity index (χ1n) is 11.4. The number of aliphatic hydroxyl groups is 1. The first kappa shape index (κ1) is 25.7. The SMILES string of the molecule is CC(=O)[C@@]1(OC(=O)c2ccccc2)[C@H](OC(=O)c2ccccc2)[C@@H](COC(=O)c2ccccc2)O[C@@H]1O. The number of ketones is 1. The number of hydrogen-bond acceptors (Lipinski definition) is 9. The molecule has 1 heterocycles. The lowest BCUT2D eigenvalue weighted by Crippen LogP contribution is -2.58. The zero-order valence-corrected chi connectivity index (χ0v) is 19.8. The van der Waals surface area contributed by atoms with Crippen LogP contribution in [-0.4, -0.2) is 59.5 Å².